The molecule has 3 N–H and O–H groups in total. The van der Waals surface area contributed by atoms with Gasteiger partial charge in [0.25, 0.3) is 5.56 Å². The van der Waals surface area contributed by atoms with Crippen LogP contribution in [0.1, 0.15) is 24.4 Å². The van der Waals surface area contributed by atoms with Gasteiger partial charge in [-0.15, -0.1) is 5.10 Å². The molecule has 1 aliphatic rings. The van der Waals surface area contributed by atoms with E-state index in [0.29, 0.717) is 12.1 Å². The third kappa shape index (κ3) is 2.47. The Morgan fingerprint density at radius 2 is 2.23 bits per heavy atom. The van der Waals surface area contributed by atoms with Crippen molar-refractivity contribution in [3.8, 4) is 0 Å². The van der Waals surface area contributed by atoms with Crippen molar-refractivity contribution in [1.29, 1.82) is 0 Å². The normalized spacial score (nSPS) is 24.7. The highest BCUT2D eigenvalue weighted by atomic mass is 16.5. The standard InChI is InChI=1S/C12H15N5O5/c18-5-7-4-13-15-17(7)8-3-11(22-9(8)6-19)16-2-1-10(20)14-12(16)21/h1-2,4,8-9,11,18-19H,3,5-6H2,(H,14,20,21)/t8-,9+,11+/m0/s1. The fourth-order valence-electron chi connectivity index (χ4n) is 2.62. The lowest BCUT2D eigenvalue weighted by molar-refractivity contribution is -0.0326. The molecule has 10 nitrogen and oxygen atoms in total. The van der Waals surface area contributed by atoms with Gasteiger partial charge in [-0.1, -0.05) is 5.21 Å². The minimum Gasteiger partial charge on any atom is -0.394 e. The van der Waals surface area contributed by atoms with Crippen LogP contribution in [0.25, 0.3) is 0 Å². The quantitative estimate of drug-likeness (QED) is 0.602. The number of aliphatic hydroxyl groups is 2. The van der Waals surface area contributed by atoms with Crippen LogP contribution in [0.15, 0.2) is 28.0 Å². The molecule has 3 heterocycles. The van der Waals surface area contributed by atoms with Gasteiger partial charge in [-0.3, -0.25) is 14.3 Å². The molecular weight excluding hydrogens is 294 g/mol. The van der Waals surface area contributed by atoms with Crippen molar-refractivity contribution in [2.45, 2.75) is 31.4 Å². The number of H-pyrrole nitrogens is 1. The minimum absolute atomic E-state index is 0.245. The highest BCUT2D eigenvalue weighted by Crippen LogP contribution is 2.35. The van der Waals surface area contributed by atoms with Crippen LogP contribution in [0, 0.1) is 0 Å². The molecule has 0 amide bonds. The van der Waals surface area contributed by atoms with Crippen molar-refractivity contribution < 1.29 is 14.9 Å². The van der Waals surface area contributed by atoms with E-state index in [0.717, 1.165) is 0 Å². The second-order valence-corrected chi connectivity index (χ2v) is 4.96. The molecular formula is C12H15N5O5. The molecule has 0 aromatic carbocycles. The van der Waals surface area contributed by atoms with E-state index in [1.165, 1.54) is 27.7 Å². The molecule has 0 aliphatic carbocycles. The zero-order valence-corrected chi connectivity index (χ0v) is 11.5. The predicted octanol–water partition coefficient (Wildman–Crippen LogP) is -1.86. The van der Waals surface area contributed by atoms with Gasteiger partial charge in [0.05, 0.1) is 31.1 Å². The van der Waals surface area contributed by atoms with Crippen LogP contribution in [0.2, 0.25) is 0 Å². The number of hydrogen-bond acceptors (Lipinski definition) is 7. The lowest BCUT2D eigenvalue weighted by Crippen LogP contribution is -2.31. The molecule has 0 saturated carbocycles. The number of aliphatic hydroxyl groups excluding tert-OH is 2. The molecule has 3 rings (SSSR count). The number of hydrogen-bond donors (Lipinski definition) is 3. The monoisotopic (exact) mass is 309 g/mol. The maximum atomic E-state index is 11.8. The molecule has 3 atom stereocenters. The van der Waals surface area contributed by atoms with Gasteiger partial charge in [-0.05, 0) is 0 Å². The summed E-state index contributed by atoms with van der Waals surface area (Å²) in [6.45, 7) is -0.519. The molecule has 1 aliphatic heterocycles. The fourth-order valence-corrected chi connectivity index (χ4v) is 2.62. The van der Waals surface area contributed by atoms with Crippen LogP contribution in [0.3, 0.4) is 0 Å². The van der Waals surface area contributed by atoms with Crippen molar-refractivity contribution in [1.82, 2.24) is 24.5 Å². The Kier molecular flexibility index (Phi) is 3.88. The van der Waals surface area contributed by atoms with Gasteiger partial charge in [0.2, 0.25) is 0 Å². The van der Waals surface area contributed by atoms with Crippen molar-refractivity contribution in [2.75, 3.05) is 6.61 Å². The Labute approximate surface area is 123 Å². The predicted molar refractivity (Wildman–Crippen MR) is 71.9 cm³/mol. The Balaban J connectivity index is 1.92. The maximum absolute atomic E-state index is 11.8. The maximum Gasteiger partial charge on any atom is 0.330 e. The van der Waals surface area contributed by atoms with Crippen LogP contribution in [-0.2, 0) is 11.3 Å². The molecule has 0 radical (unpaired) electrons. The van der Waals surface area contributed by atoms with Gasteiger partial charge in [-0.25, -0.2) is 9.48 Å². The summed E-state index contributed by atoms with van der Waals surface area (Å²) in [7, 11) is 0. The number of rotatable bonds is 4. The van der Waals surface area contributed by atoms with Crippen LogP contribution in [0.5, 0.6) is 0 Å². The average molecular weight is 309 g/mol. The first-order valence-electron chi connectivity index (χ1n) is 6.71. The van der Waals surface area contributed by atoms with Crippen molar-refractivity contribution in [3.05, 3.63) is 45.0 Å². The first-order valence-corrected chi connectivity index (χ1v) is 6.71. The Morgan fingerprint density at radius 3 is 2.91 bits per heavy atom. The Morgan fingerprint density at radius 1 is 1.41 bits per heavy atom. The summed E-state index contributed by atoms with van der Waals surface area (Å²) in [4.78, 5) is 25.1. The summed E-state index contributed by atoms with van der Waals surface area (Å²) < 4.78 is 8.41. The highest BCUT2D eigenvalue weighted by molar-refractivity contribution is 4.98. The summed E-state index contributed by atoms with van der Waals surface area (Å²) >= 11 is 0. The van der Waals surface area contributed by atoms with Gasteiger partial charge in [0.15, 0.2) is 0 Å². The third-order valence-electron chi connectivity index (χ3n) is 3.67. The Hall–Kier alpha value is -2.30. The average Bonchev–Trinajstić information content (AvgIpc) is 3.12. The smallest absolute Gasteiger partial charge is 0.330 e. The van der Waals surface area contributed by atoms with Crippen molar-refractivity contribution in [2.24, 2.45) is 0 Å². The largest absolute Gasteiger partial charge is 0.394 e. The van der Waals surface area contributed by atoms with Crippen LogP contribution < -0.4 is 11.2 Å². The molecule has 22 heavy (non-hydrogen) atoms. The van der Waals surface area contributed by atoms with Gasteiger partial charge in [0.1, 0.15) is 12.3 Å². The zero-order valence-electron chi connectivity index (χ0n) is 11.5. The van der Waals surface area contributed by atoms with E-state index in [1.54, 1.807) is 0 Å². The summed E-state index contributed by atoms with van der Waals surface area (Å²) in [5.41, 5.74) is -0.592. The van der Waals surface area contributed by atoms with Crippen molar-refractivity contribution >= 4 is 0 Å². The van der Waals surface area contributed by atoms with Crippen LogP contribution in [0.4, 0.5) is 0 Å². The molecule has 2 aromatic rings. The molecule has 0 spiro atoms. The highest BCUT2D eigenvalue weighted by Gasteiger charge is 2.38. The first kappa shape index (κ1) is 14.6. The van der Waals surface area contributed by atoms with E-state index in [4.69, 9.17) is 4.74 Å². The number of aromatic amines is 1. The molecule has 1 fully saturated rings. The third-order valence-corrected chi connectivity index (χ3v) is 3.67. The number of aromatic nitrogens is 5. The number of ether oxygens (including phenoxy) is 1. The van der Waals surface area contributed by atoms with E-state index in [1.807, 2.05) is 0 Å². The topological polar surface area (TPSA) is 135 Å². The first-order chi connectivity index (χ1) is 10.6. The van der Waals surface area contributed by atoms with Gasteiger partial charge < -0.3 is 14.9 Å². The summed E-state index contributed by atoms with van der Waals surface area (Å²) in [6.07, 6.45) is 1.86. The molecule has 0 bridgehead atoms. The van der Waals surface area contributed by atoms with Crippen molar-refractivity contribution in [3.63, 3.8) is 0 Å². The van der Waals surface area contributed by atoms with E-state index >= 15 is 0 Å². The van der Waals surface area contributed by atoms with E-state index in [2.05, 4.69) is 15.3 Å². The second-order valence-electron chi connectivity index (χ2n) is 4.96. The van der Waals surface area contributed by atoms with E-state index < -0.39 is 23.6 Å². The summed E-state index contributed by atoms with van der Waals surface area (Å²) in [6, 6.07) is 0.846. The molecule has 10 heteroatoms. The van der Waals surface area contributed by atoms with Crippen LogP contribution in [-0.4, -0.2) is 47.5 Å². The fraction of sp³-hybridized carbons (Fsp3) is 0.500. The van der Waals surface area contributed by atoms with E-state index in [-0.39, 0.29) is 19.3 Å². The van der Waals surface area contributed by atoms with Crippen LogP contribution >= 0.6 is 0 Å². The Bertz CT molecular complexity index is 766. The minimum atomic E-state index is -0.651. The lowest BCUT2D eigenvalue weighted by atomic mass is 10.1. The second kappa shape index (κ2) is 5.83. The summed E-state index contributed by atoms with van der Waals surface area (Å²) in [5, 5.41) is 26.4. The SMILES string of the molecule is O=c1ccn([C@H]2C[C@H](n3nncc3CO)[C@@H](CO)O2)c(=O)[nH]1. The molecule has 118 valence electrons. The van der Waals surface area contributed by atoms with Gasteiger partial charge in [0, 0.05) is 18.7 Å². The number of nitrogens with zero attached hydrogens (tertiary/aromatic N) is 4. The molecule has 1 saturated heterocycles. The zero-order chi connectivity index (χ0) is 15.7. The molecule has 2 aromatic heterocycles. The lowest BCUT2D eigenvalue weighted by Gasteiger charge is -2.17. The van der Waals surface area contributed by atoms with E-state index in [9.17, 15) is 19.8 Å². The number of nitrogens with one attached hydrogen (secondary N) is 1. The van der Waals surface area contributed by atoms with Gasteiger partial charge >= 0.3 is 5.69 Å². The molecule has 0 unspecified atom stereocenters. The van der Waals surface area contributed by atoms with Gasteiger partial charge in [-0.2, -0.15) is 0 Å². The summed E-state index contributed by atoms with van der Waals surface area (Å²) in [5.74, 6) is 0.